The Hall–Kier alpha value is -1.07. The van der Waals surface area contributed by atoms with Gasteiger partial charge in [-0.25, -0.2) is 0 Å². The molecule has 0 aromatic rings. The van der Waals surface area contributed by atoms with Gasteiger partial charge in [0.05, 0.1) is 6.61 Å². The van der Waals surface area contributed by atoms with E-state index in [1.807, 2.05) is 4.90 Å². The van der Waals surface area contributed by atoms with Crippen LogP contribution in [0.2, 0.25) is 0 Å². The van der Waals surface area contributed by atoms with Gasteiger partial charge >= 0.3 is 0 Å². The molecule has 3 aliphatic rings. The molecule has 1 amide bonds. The summed E-state index contributed by atoms with van der Waals surface area (Å²) in [5, 5.41) is 8.87. The van der Waals surface area contributed by atoms with Crippen LogP contribution in [0.4, 0.5) is 0 Å². The fourth-order valence-electron chi connectivity index (χ4n) is 3.82. The van der Waals surface area contributed by atoms with Crippen molar-refractivity contribution < 1.29 is 19.4 Å². The van der Waals surface area contributed by atoms with Crippen LogP contribution in [-0.4, -0.2) is 48.5 Å². The van der Waals surface area contributed by atoms with E-state index in [4.69, 9.17) is 14.6 Å². The number of rotatable bonds is 7. The van der Waals surface area contributed by atoms with Crippen molar-refractivity contribution in [2.45, 2.75) is 64.1 Å². The molecule has 2 fully saturated rings. The Labute approximate surface area is 145 Å². The quantitative estimate of drug-likeness (QED) is 0.726. The molecule has 24 heavy (non-hydrogen) atoms. The fourth-order valence-corrected chi connectivity index (χ4v) is 3.82. The summed E-state index contributed by atoms with van der Waals surface area (Å²) in [7, 11) is 0. The molecule has 5 nitrogen and oxygen atoms in total. The maximum absolute atomic E-state index is 12.8. The van der Waals surface area contributed by atoms with Crippen molar-refractivity contribution in [3.63, 3.8) is 0 Å². The van der Waals surface area contributed by atoms with E-state index < -0.39 is 0 Å². The van der Waals surface area contributed by atoms with E-state index in [-0.39, 0.29) is 18.8 Å². The van der Waals surface area contributed by atoms with Gasteiger partial charge in [-0.3, -0.25) is 4.79 Å². The van der Waals surface area contributed by atoms with Gasteiger partial charge in [-0.1, -0.05) is 6.42 Å². The second-order valence-electron chi connectivity index (χ2n) is 7.32. The van der Waals surface area contributed by atoms with Gasteiger partial charge in [0.1, 0.15) is 0 Å². The number of carbonyl (C=O) groups is 1. The van der Waals surface area contributed by atoms with Crippen LogP contribution in [-0.2, 0) is 14.3 Å². The first-order chi connectivity index (χ1) is 11.8. The minimum Gasteiger partial charge on any atom is -0.459 e. The monoisotopic (exact) mass is 337 g/mol. The van der Waals surface area contributed by atoms with Gasteiger partial charge in [0.25, 0.3) is 5.91 Å². The minimum atomic E-state index is -0.317. The molecule has 2 heterocycles. The van der Waals surface area contributed by atoms with Crippen LogP contribution in [0.15, 0.2) is 11.8 Å². The van der Waals surface area contributed by atoms with Gasteiger partial charge < -0.3 is 19.5 Å². The third-order valence-corrected chi connectivity index (χ3v) is 5.55. The standard InChI is InChI=1S/C19H31NO4/c21-11-4-5-12-23-18-14-16(15-7-6-8-15)13-17(24-18)19(22)20-9-2-1-3-10-20/h13,15-16,18,21H,1-12,14H2/t16-,18+/m1/s1. The number of allylic oxidation sites excluding steroid dienone is 1. The summed E-state index contributed by atoms with van der Waals surface area (Å²) < 4.78 is 11.8. The molecule has 2 aliphatic heterocycles. The Morgan fingerprint density at radius 1 is 1.21 bits per heavy atom. The van der Waals surface area contributed by atoms with Crippen LogP contribution in [0.25, 0.3) is 0 Å². The number of aliphatic hydroxyl groups excluding tert-OH is 1. The second-order valence-corrected chi connectivity index (χ2v) is 7.32. The lowest BCUT2D eigenvalue weighted by Gasteiger charge is -2.38. The molecular weight excluding hydrogens is 306 g/mol. The number of ether oxygens (including phenoxy) is 2. The molecule has 5 heteroatoms. The third kappa shape index (κ3) is 4.51. The molecule has 136 valence electrons. The summed E-state index contributed by atoms with van der Waals surface area (Å²) >= 11 is 0. The van der Waals surface area contributed by atoms with Crippen LogP contribution in [0.3, 0.4) is 0 Å². The highest BCUT2D eigenvalue weighted by Gasteiger charge is 2.35. The molecular formula is C19H31NO4. The Kier molecular flexibility index (Phi) is 6.55. The highest BCUT2D eigenvalue weighted by molar-refractivity contribution is 5.91. The Balaban J connectivity index is 1.61. The van der Waals surface area contributed by atoms with Gasteiger partial charge in [0.15, 0.2) is 5.76 Å². The molecule has 1 saturated heterocycles. The van der Waals surface area contributed by atoms with Crippen LogP contribution in [0, 0.1) is 11.8 Å². The first-order valence-electron chi connectivity index (χ1n) is 9.68. The highest BCUT2D eigenvalue weighted by Crippen LogP contribution is 2.40. The smallest absolute Gasteiger partial charge is 0.288 e. The lowest BCUT2D eigenvalue weighted by molar-refractivity contribution is -0.158. The van der Waals surface area contributed by atoms with E-state index in [1.165, 1.54) is 25.7 Å². The maximum atomic E-state index is 12.8. The predicted molar refractivity (Wildman–Crippen MR) is 91.1 cm³/mol. The van der Waals surface area contributed by atoms with Crippen molar-refractivity contribution in [2.24, 2.45) is 11.8 Å². The second kappa shape index (κ2) is 8.86. The minimum absolute atomic E-state index is 0.0441. The van der Waals surface area contributed by atoms with E-state index in [0.29, 0.717) is 24.2 Å². The average molecular weight is 337 g/mol. The van der Waals surface area contributed by atoms with E-state index in [1.54, 1.807) is 0 Å². The van der Waals surface area contributed by atoms with Crippen molar-refractivity contribution in [1.29, 1.82) is 0 Å². The molecule has 1 N–H and O–H groups in total. The van der Waals surface area contributed by atoms with Gasteiger partial charge in [-0.2, -0.15) is 0 Å². The van der Waals surface area contributed by atoms with Gasteiger partial charge in [0, 0.05) is 26.1 Å². The van der Waals surface area contributed by atoms with Gasteiger partial charge in [0.2, 0.25) is 6.29 Å². The summed E-state index contributed by atoms with van der Waals surface area (Å²) in [5.74, 6) is 1.63. The van der Waals surface area contributed by atoms with Crippen LogP contribution < -0.4 is 0 Å². The topological polar surface area (TPSA) is 59.0 Å². The van der Waals surface area contributed by atoms with Crippen LogP contribution in [0.1, 0.15) is 57.8 Å². The number of piperidine rings is 1. The number of amides is 1. The number of carbonyl (C=O) groups excluding carboxylic acids is 1. The zero-order chi connectivity index (χ0) is 16.8. The number of aliphatic hydroxyl groups is 1. The number of nitrogens with zero attached hydrogens (tertiary/aromatic N) is 1. The number of hydrogen-bond acceptors (Lipinski definition) is 4. The van der Waals surface area contributed by atoms with Gasteiger partial charge in [-0.15, -0.1) is 0 Å². The first-order valence-corrected chi connectivity index (χ1v) is 9.68. The normalized spacial score (nSPS) is 28.0. The van der Waals surface area contributed by atoms with E-state index >= 15 is 0 Å². The molecule has 3 rings (SSSR count). The average Bonchev–Trinajstić information content (AvgIpc) is 2.57. The molecule has 0 bridgehead atoms. The SMILES string of the molecule is O=C(C1=C[C@@H](C2CCC2)C[C@@H](OCCCCO)O1)N1CCCCC1. The van der Waals surface area contributed by atoms with Crippen LogP contribution >= 0.6 is 0 Å². The zero-order valence-electron chi connectivity index (χ0n) is 14.6. The van der Waals surface area contributed by atoms with Crippen molar-refractivity contribution in [3.8, 4) is 0 Å². The zero-order valence-corrected chi connectivity index (χ0v) is 14.6. The summed E-state index contributed by atoms with van der Waals surface area (Å²) in [6.45, 7) is 2.46. The summed E-state index contributed by atoms with van der Waals surface area (Å²) in [5.41, 5.74) is 0. The van der Waals surface area contributed by atoms with Crippen molar-refractivity contribution >= 4 is 5.91 Å². The molecule has 1 aliphatic carbocycles. The largest absolute Gasteiger partial charge is 0.459 e. The molecule has 1 saturated carbocycles. The molecule has 0 unspecified atom stereocenters. The predicted octanol–water partition coefficient (Wildman–Crippen LogP) is 2.83. The van der Waals surface area contributed by atoms with E-state index in [2.05, 4.69) is 6.08 Å². The molecule has 2 atom stereocenters. The van der Waals surface area contributed by atoms with E-state index in [9.17, 15) is 4.79 Å². The number of hydrogen-bond donors (Lipinski definition) is 1. The Morgan fingerprint density at radius 3 is 2.67 bits per heavy atom. The first kappa shape index (κ1) is 17.7. The lowest BCUT2D eigenvalue weighted by atomic mass is 9.73. The van der Waals surface area contributed by atoms with Crippen molar-refractivity contribution in [1.82, 2.24) is 4.90 Å². The maximum Gasteiger partial charge on any atom is 0.288 e. The summed E-state index contributed by atoms with van der Waals surface area (Å²) in [6, 6.07) is 0. The lowest BCUT2D eigenvalue weighted by Crippen LogP contribution is -2.40. The van der Waals surface area contributed by atoms with Gasteiger partial charge in [-0.05, 0) is 62.9 Å². The van der Waals surface area contributed by atoms with E-state index in [0.717, 1.165) is 45.2 Å². The Morgan fingerprint density at radius 2 is 2.00 bits per heavy atom. The van der Waals surface area contributed by atoms with Crippen LogP contribution in [0.5, 0.6) is 0 Å². The highest BCUT2D eigenvalue weighted by atomic mass is 16.7. The van der Waals surface area contributed by atoms with Crippen molar-refractivity contribution in [2.75, 3.05) is 26.3 Å². The summed E-state index contributed by atoms with van der Waals surface area (Å²) in [6.07, 6.45) is 11.4. The Bertz CT molecular complexity index is 441. The summed E-state index contributed by atoms with van der Waals surface area (Å²) in [4.78, 5) is 14.7. The fraction of sp³-hybridized carbons (Fsp3) is 0.842. The molecule has 0 spiro atoms. The molecule has 0 aromatic heterocycles. The third-order valence-electron chi connectivity index (χ3n) is 5.55. The molecule has 0 aromatic carbocycles. The van der Waals surface area contributed by atoms with Crippen molar-refractivity contribution in [3.05, 3.63) is 11.8 Å². The number of unbranched alkanes of at least 4 members (excludes halogenated alkanes) is 1. The number of likely N-dealkylation sites (tertiary alicyclic amines) is 1. The molecule has 0 radical (unpaired) electrons.